The summed E-state index contributed by atoms with van der Waals surface area (Å²) in [5.41, 5.74) is 5.51. The summed E-state index contributed by atoms with van der Waals surface area (Å²) >= 11 is 0. The molecule has 1 unspecified atom stereocenters. The molecule has 1 fully saturated rings. The zero-order valence-electron chi connectivity index (χ0n) is 9.09. The van der Waals surface area contributed by atoms with Gasteiger partial charge in [-0.3, -0.25) is 4.79 Å². The molecule has 1 saturated carbocycles. The van der Waals surface area contributed by atoms with E-state index in [-0.39, 0.29) is 11.8 Å². The predicted octanol–water partition coefficient (Wildman–Crippen LogP) is 1.28. The zero-order valence-corrected chi connectivity index (χ0v) is 9.09. The molecule has 0 heterocycles. The normalized spacial score (nSPS) is 19.6. The van der Waals surface area contributed by atoms with Gasteiger partial charge in [-0.05, 0) is 25.2 Å². The fourth-order valence-electron chi connectivity index (χ4n) is 2.06. The molecule has 0 aliphatic heterocycles. The van der Waals surface area contributed by atoms with Crippen LogP contribution in [0.2, 0.25) is 0 Å². The number of nitrogens with two attached hydrogens (primary N) is 1. The average molecular weight is 198 g/mol. The van der Waals surface area contributed by atoms with Gasteiger partial charge >= 0.3 is 0 Å². The van der Waals surface area contributed by atoms with Gasteiger partial charge < -0.3 is 11.1 Å². The van der Waals surface area contributed by atoms with Crippen LogP contribution in [-0.4, -0.2) is 19.0 Å². The van der Waals surface area contributed by atoms with E-state index in [0.717, 1.165) is 13.0 Å². The molecule has 82 valence electrons. The molecule has 3 heteroatoms. The molecule has 0 aromatic heterocycles. The Balaban J connectivity index is 2.18. The molecule has 1 rings (SSSR count). The summed E-state index contributed by atoms with van der Waals surface area (Å²) in [7, 11) is 0. The van der Waals surface area contributed by atoms with Crippen molar-refractivity contribution in [2.75, 3.05) is 13.1 Å². The van der Waals surface area contributed by atoms with Gasteiger partial charge in [-0.1, -0.05) is 19.8 Å². The van der Waals surface area contributed by atoms with Gasteiger partial charge in [0.1, 0.15) is 0 Å². The molecular formula is C11H22N2O. The SMILES string of the molecule is CCC(CN)C(=O)NCC1CCCC1. The molecule has 0 saturated heterocycles. The number of hydrogen-bond acceptors (Lipinski definition) is 2. The largest absolute Gasteiger partial charge is 0.356 e. The predicted molar refractivity (Wildman–Crippen MR) is 57.8 cm³/mol. The quantitative estimate of drug-likeness (QED) is 0.699. The molecular weight excluding hydrogens is 176 g/mol. The Labute approximate surface area is 86.4 Å². The van der Waals surface area contributed by atoms with Gasteiger partial charge in [0.05, 0.1) is 0 Å². The highest BCUT2D eigenvalue weighted by Gasteiger charge is 2.18. The van der Waals surface area contributed by atoms with E-state index in [0.29, 0.717) is 12.5 Å². The summed E-state index contributed by atoms with van der Waals surface area (Å²) < 4.78 is 0. The first-order valence-corrected chi connectivity index (χ1v) is 5.75. The van der Waals surface area contributed by atoms with Crippen molar-refractivity contribution in [1.82, 2.24) is 5.32 Å². The fraction of sp³-hybridized carbons (Fsp3) is 0.909. The minimum absolute atomic E-state index is 0.0106. The van der Waals surface area contributed by atoms with Crippen LogP contribution >= 0.6 is 0 Å². The highest BCUT2D eigenvalue weighted by atomic mass is 16.1. The third kappa shape index (κ3) is 3.29. The van der Waals surface area contributed by atoms with Crippen LogP contribution in [-0.2, 0) is 4.79 Å². The maximum atomic E-state index is 11.6. The standard InChI is InChI=1S/C11H22N2O/c1-2-10(7-12)11(14)13-8-9-5-3-4-6-9/h9-10H,2-8,12H2,1H3,(H,13,14). The van der Waals surface area contributed by atoms with Crippen LogP contribution in [0.25, 0.3) is 0 Å². The van der Waals surface area contributed by atoms with E-state index in [1.165, 1.54) is 25.7 Å². The first-order chi connectivity index (χ1) is 6.77. The summed E-state index contributed by atoms with van der Waals surface area (Å²) in [5.74, 6) is 0.868. The smallest absolute Gasteiger partial charge is 0.224 e. The summed E-state index contributed by atoms with van der Waals surface area (Å²) in [6.45, 7) is 3.33. The van der Waals surface area contributed by atoms with E-state index < -0.39 is 0 Å². The first kappa shape index (κ1) is 11.5. The van der Waals surface area contributed by atoms with Crippen molar-refractivity contribution in [3.63, 3.8) is 0 Å². The highest BCUT2D eigenvalue weighted by molar-refractivity contribution is 5.78. The van der Waals surface area contributed by atoms with Crippen molar-refractivity contribution in [2.24, 2.45) is 17.6 Å². The van der Waals surface area contributed by atoms with Gasteiger partial charge in [-0.25, -0.2) is 0 Å². The van der Waals surface area contributed by atoms with Crippen LogP contribution in [0.15, 0.2) is 0 Å². The fourth-order valence-corrected chi connectivity index (χ4v) is 2.06. The second-order valence-electron chi connectivity index (χ2n) is 4.24. The summed E-state index contributed by atoms with van der Waals surface area (Å²) in [6, 6.07) is 0. The van der Waals surface area contributed by atoms with Gasteiger partial charge in [-0.2, -0.15) is 0 Å². The second-order valence-corrected chi connectivity index (χ2v) is 4.24. The Morgan fingerprint density at radius 2 is 2.14 bits per heavy atom. The van der Waals surface area contributed by atoms with E-state index in [4.69, 9.17) is 5.73 Å². The molecule has 3 nitrogen and oxygen atoms in total. The minimum Gasteiger partial charge on any atom is -0.356 e. The number of rotatable bonds is 5. The van der Waals surface area contributed by atoms with Crippen molar-refractivity contribution in [3.05, 3.63) is 0 Å². The minimum atomic E-state index is 0.0106. The maximum Gasteiger partial charge on any atom is 0.224 e. The van der Waals surface area contributed by atoms with Crippen LogP contribution in [0.4, 0.5) is 0 Å². The maximum absolute atomic E-state index is 11.6. The monoisotopic (exact) mass is 198 g/mol. The van der Waals surface area contributed by atoms with Crippen LogP contribution < -0.4 is 11.1 Å². The Hall–Kier alpha value is -0.570. The summed E-state index contributed by atoms with van der Waals surface area (Å²) in [5, 5.41) is 3.01. The Bertz CT molecular complexity index is 172. The van der Waals surface area contributed by atoms with Crippen molar-refractivity contribution in [2.45, 2.75) is 39.0 Å². The highest BCUT2D eigenvalue weighted by Crippen LogP contribution is 2.23. The van der Waals surface area contributed by atoms with E-state index >= 15 is 0 Å². The number of carbonyl (C=O) groups excluding carboxylic acids is 1. The van der Waals surface area contributed by atoms with Gasteiger partial charge in [0, 0.05) is 19.0 Å². The molecule has 0 radical (unpaired) electrons. The van der Waals surface area contributed by atoms with Gasteiger partial charge in [0.25, 0.3) is 0 Å². The lowest BCUT2D eigenvalue weighted by Gasteiger charge is -2.15. The number of nitrogens with one attached hydrogen (secondary N) is 1. The lowest BCUT2D eigenvalue weighted by Crippen LogP contribution is -2.36. The number of hydrogen-bond donors (Lipinski definition) is 2. The van der Waals surface area contributed by atoms with Crippen LogP contribution in [0, 0.1) is 11.8 Å². The molecule has 1 atom stereocenters. The summed E-state index contributed by atoms with van der Waals surface area (Å²) in [4.78, 5) is 11.6. The van der Waals surface area contributed by atoms with Gasteiger partial charge in [0.15, 0.2) is 0 Å². The van der Waals surface area contributed by atoms with Crippen LogP contribution in [0.5, 0.6) is 0 Å². The van der Waals surface area contributed by atoms with Crippen LogP contribution in [0.1, 0.15) is 39.0 Å². The Morgan fingerprint density at radius 3 is 2.64 bits per heavy atom. The lowest BCUT2D eigenvalue weighted by molar-refractivity contribution is -0.124. The van der Waals surface area contributed by atoms with E-state index in [2.05, 4.69) is 5.32 Å². The third-order valence-electron chi connectivity index (χ3n) is 3.19. The van der Waals surface area contributed by atoms with Gasteiger partial charge in [0.2, 0.25) is 5.91 Å². The number of amides is 1. The Morgan fingerprint density at radius 1 is 1.50 bits per heavy atom. The zero-order chi connectivity index (χ0) is 10.4. The average Bonchev–Trinajstić information content (AvgIpc) is 2.69. The van der Waals surface area contributed by atoms with E-state index in [1.807, 2.05) is 6.92 Å². The molecule has 0 aromatic carbocycles. The third-order valence-corrected chi connectivity index (χ3v) is 3.19. The molecule has 3 N–H and O–H groups in total. The lowest BCUT2D eigenvalue weighted by atomic mass is 10.0. The molecule has 0 spiro atoms. The molecule has 14 heavy (non-hydrogen) atoms. The van der Waals surface area contributed by atoms with Crippen molar-refractivity contribution in [1.29, 1.82) is 0 Å². The van der Waals surface area contributed by atoms with E-state index in [1.54, 1.807) is 0 Å². The molecule has 1 aliphatic carbocycles. The van der Waals surface area contributed by atoms with E-state index in [9.17, 15) is 4.79 Å². The molecule has 1 amide bonds. The number of carbonyl (C=O) groups is 1. The second kappa shape index (κ2) is 6.02. The first-order valence-electron chi connectivity index (χ1n) is 5.75. The van der Waals surface area contributed by atoms with Gasteiger partial charge in [-0.15, -0.1) is 0 Å². The summed E-state index contributed by atoms with van der Waals surface area (Å²) in [6.07, 6.45) is 6.05. The van der Waals surface area contributed by atoms with Crippen molar-refractivity contribution >= 4 is 5.91 Å². The van der Waals surface area contributed by atoms with Crippen LogP contribution in [0.3, 0.4) is 0 Å². The topological polar surface area (TPSA) is 55.1 Å². The molecule has 0 aromatic rings. The van der Waals surface area contributed by atoms with Crippen molar-refractivity contribution < 1.29 is 4.79 Å². The van der Waals surface area contributed by atoms with Crippen molar-refractivity contribution in [3.8, 4) is 0 Å². The molecule has 0 bridgehead atoms. The molecule has 1 aliphatic rings. The Kier molecular flexibility index (Phi) is 4.94.